The number of hydrogen-bond acceptors (Lipinski definition) is 2. The zero-order valence-corrected chi connectivity index (χ0v) is 9.75. The van der Waals surface area contributed by atoms with Crippen LogP contribution in [0.15, 0.2) is 0 Å². The minimum Gasteiger partial charge on any atom is -0.373 e. The van der Waals surface area contributed by atoms with Crippen molar-refractivity contribution in [1.82, 2.24) is 0 Å². The van der Waals surface area contributed by atoms with Crippen molar-refractivity contribution >= 4 is 0 Å². The fourth-order valence-corrected chi connectivity index (χ4v) is 2.73. The molecule has 0 bridgehead atoms. The van der Waals surface area contributed by atoms with E-state index in [2.05, 4.69) is 0 Å². The molecule has 2 fully saturated rings. The zero-order valence-electron chi connectivity index (χ0n) is 9.75. The van der Waals surface area contributed by atoms with Gasteiger partial charge in [-0.3, -0.25) is 0 Å². The van der Waals surface area contributed by atoms with E-state index < -0.39 is 0 Å². The van der Waals surface area contributed by atoms with Gasteiger partial charge in [-0.25, -0.2) is 0 Å². The van der Waals surface area contributed by atoms with E-state index in [9.17, 15) is 0 Å². The predicted molar refractivity (Wildman–Crippen MR) is 61.0 cm³/mol. The molecule has 1 saturated heterocycles. The second-order valence-corrected chi connectivity index (χ2v) is 4.87. The van der Waals surface area contributed by atoms with Crippen molar-refractivity contribution in [1.29, 1.82) is 0 Å². The van der Waals surface area contributed by atoms with Gasteiger partial charge in [0.05, 0.1) is 25.4 Å². The van der Waals surface area contributed by atoms with E-state index in [1.807, 2.05) is 0 Å². The van der Waals surface area contributed by atoms with Crippen LogP contribution in [0.3, 0.4) is 0 Å². The van der Waals surface area contributed by atoms with Gasteiger partial charge in [0.2, 0.25) is 0 Å². The van der Waals surface area contributed by atoms with E-state index in [0.717, 1.165) is 13.2 Å². The Morgan fingerprint density at radius 2 is 0.933 bits per heavy atom. The number of fused-ring (bicyclic) bond motifs is 1. The van der Waals surface area contributed by atoms with E-state index in [1.165, 1.54) is 57.8 Å². The van der Waals surface area contributed by atoms with Crippen molar-refractivity contribution in [3.63, 3.8) is 0 Å². The van der Waals surface area contributed by atoms with Gasteiger partial charge in [0, 0.05) is 0 Å². The summed E-state index contributed by atoms with van der Waals surface area (Å²) in [6, 6.07) is 0. The highest BCUT2D eigenvalue weighted by molar-refractivity contribution is 4.75. The topological polar surface area (TPSA) is 18.5 Å². The lowest BCUT2D eigenvalue weighted by molar-refractivity contribution is -0.144. The first-order valence-electron chi connectivity index (χ1n) is 6.70. The fourth-order valence-electron chi connectivity index (χ4n) is 2.73. The maximum atomic E-state index is 5.83. The van der Waals surface area contributed by atoms with Gasteiger partial charge in [-0.1, -0.05) is 44.9 Å². The third-order valence-corrected chi connectivity index (χ3v) is 3.64. The molecule has 2 rings (SSSR count). The molecule has 2 unspecified atom stereocenters. The second kappa shape index (κ2) is 6.49. The van der Waals surface area contributed by atoms with Crippen LogP contribution in [0.25, 0.3) is 0 Å². The highest BCUT2D eigenvalue weighted by Gasteiger charge is 2.25. The SMILES string of the molecule is C1CCCCC2OCCOC2CCCC1. The highest BCUT2D eigenvalue weighted by atomic mass is 16.6. The van der Waals surface area contributed by atoms with Crippen molar-refractivity contribution < 1.29 is 9.47 Å². The van der Waals surface area contributed by atoms with Crippen LogP contribution in [0.4, 0.5) is 0 Å². The van der Waals surface area contributed by atoms with Gasteiger partial charge in [-0.15, -0.1) is 0 Å². The van der Waals surface area contributed by atoms with Crippen molar-refractivity contribution in [2.75, 3.05) is 13.2 Å². The summed E-state index contributed by atoms with van der Waals surface area (Å²) in [4.78, 5) is 0. The largest absolute Gasteiger partial charge is 0.373 e. The Hall–Kier alpha value is -0.0800. The molecule has 1 aliphatic heterocycles. The van der Waals surface area contributed by atoms with Crippen molar-refractivity contribution in [3.05, 3.63) is 0 Å². The normalized spacial score (nSPS) is 35.2. The Kier molecular flexibility index (Phi) is 4.94. The molecule has 0 aromatic carbocycles. The van der Waals surface area contributed by atoms with E-state index >= 15 is 0 Å². The number of rotatable bonds is 0. The summed E-state index contributed by atoms with van der Waals surface area (Å²) < 4.78 is 11.7. The summed E-state index contributed by atoms with van der Waals surface area (Å²) >= 11 is 0. The van der Waals surface area contributed by atoms with Crippen LogP contribution in [0.1, 0.15) is 57.8 Å². The van der Waals surface area contributed by atoms with Gasteiger partial charge < -0.3 is 9.47 Å². The molecular weight excluding hydrogens is 188 g/mol. The van der Waals surface area contributed by atoms with Crippen LogP contribution in [-0.2, 0) is 9.47 Å². The summed E-state index contributed by atoms with van der Waals surface area (Å²) in [5.41, 5.74) is 0. The van der Waals surface area contributed by atoms with E-state index in [1.54, 1.807) is 0 Å². The molecule has 1 heterocycles. The molecular formula is C13H24O2. The van der Waals surface area contributed by atoms with Gasteiger partial charge >= 0.3 is 0 Å². The lowest BCUT2D eigenvalue weighted by atomic mass is 10.0. The average molecular weight is 212 g/mol. The van der Waals surface area contributed by atoms with Crippen molar-refractivity contribution in [3.8, 4) is 0 Å². The molecule has 0 aromatic heterocycles. The Labute approximate surface area is 93.3 Å². The molecule has 88 valence electrons. The molecule has 0 spiro atoms. The summed E-state index contributed by atoms with van der Waals surface area (Å²) in [6.45, 7) is 1.61. The third kappa shape index (κ3) is 3.76. The van der Waals surface area contributed by atoms with Crippen LogP contribution >= 0.6 is 0 Å². The van der Waals surface area contributed by atoms with Crippen molar-refractivity contribution in [2.45, 2.75) is 70.0 Å². The molecule has 15 heavy (non-hydrogen) atoms. The lowest BCUT2D eigenvalue weighted by Gasteiger charge is -2.32. The maximum absolute atomic E-state index is 5.83. The third-order valence-electron chi connectivity index (χ3n) is 3.64. The Morgan fingerprint density at radius 3 is 1.40 bits per heavy atom. The minimum absolute atomic E-state index is 0.400. The summed E-state index contributed by atoms with van der Waals surface area (Å²) in [7, 11) is 0. The summed E-state index contributed by atoms with van der Waals surface area (Å²) in [5, 5.41) is 0. The van der Waals surface area contributed by atoms with E-state index in [-0.39, 0.29) is 0 Å². The number of ether oxygens (including phenoxy) is 2. The molecule has 0 radical (unpaired) electrons. The smallest absolute Gasteiger partial charge is 0.0837 e. The second-order valence-electron chi connectivity index (χ2n) is 4.87. The zero-order chi connectivity index (χ0) is 10.3. The molecule has 2 aliphatic rings. The van der Waals surface area contributed by atoms with Crippen LogP contribution in [0.2, 0.25) is 0 Å². The maximum Gasteiger partial charge on any atom is 0.0837 e. The first-order chi connectivity index (χ1) is 7.47. The quantitative estimate of drug-likeness (QED) is 0.613. The highest BCUT2D eigenvalue weighted by Crippen LogP contribution is 2.23. The van der Waals surface area contributed by atoms with Crippen molar-refractivity contribution in [2.24, 2.45) is 0 Å². The average Bonchev–Trinajstić information content (AvgIpc) is 2.32. The molecule has 1 aliphatic carbocycles. The first kappa shape index (κ1) is 11.4. The molecule has 0 amide bonds. The van der Waals surface area contributed by atoms with Crippen LogP contribution in [-0.4, -0.2) is 25.4 Å². The van der Waals surface area contributed by atoms with Crippen LogP contribution < -0.4 is 0 Å². The van der Waals surface area contributed by atoms with E-state index in [4.69, 9.17) is 9.47 Å². The first-order valence-corrected chi connectivity index (χ1v) is 6.70. The van der Waals surface area contributed by atoms with Gasteiger partial charge in [-0.2, -0.15) is 0 Å². The van der Waals surface area contributed by atoms with Crippen LogP contribution in [0, 0.1) is 0 Å². The predicted octanol–water partition coefficient (Wildman–Crippen LogP) is 3.29. The Balaban J connectivity index is 1.83. The Bertz CT molecular complexity index is 152. The standard InChI is InChI=1S/C13H24O2/c1-2-4-6-8-12-13(9-7-5-3-1)15-11-10-14-12/h12-13H,1-11H2. The van der Waals surface area contributed by atoms with Gasteiger partial charge in [0.1, 0.15) is 0 Å². The molecule has 2 atom stereocenters. The lowest BCUT2D eigenvalue weighted by Crippen LogP contribution is -2.38. The fraction of sp³-hybridized carbons (Fsp3) is 1.00. The summed E-state index contributed by atoms with van der Waals surface area (Å²) in [6.07, 6.45) is 12.9. The van der Waals surface area contributed by atoms with Gasteiger partial charge in [0.15, 0.2) is 0 Å². The van der Waals surface area contributed by atoms with Crippen LogP contribution in [0.5, 0.6) is 0 Å². The van der Waals surface area contributed by atoms with E-state index in [0.29, 0.717) is 12.2 Å². The molecule has 0 N–H and O–H groups in total. The number of hydrogen-bond donors (Lipinski definition) is 0. The molecule has 1 saturated carbocycles. The van der Waals surface area contributed by atoms with Gasteiger partial charge in [-0.05, 0) is 12.8 Å². The van der Waals surface area contributed by atoms with Gasteiger partial charge in [0.25, 0.3) is 0 Å². The Morgan fingerprint density at radius 1 is 0.533 bits per heavy atom. The molecule has 0 aromatic rings. The molecule has 2 nitrogen and oxygen atoms in total. The summed E-state index contributed by atoms with van der Waals surface area (Å²) in [5.74, 6) is 0. The monoisotopic (exact) mass is 212 g/mol. The molecule has 2 heteroatoms. The minimum atomic E-state index is 0.400.